The van der Waals surface area contributed by atoms with Gasteiger partial charge in [-0.3, -0.25) is 4.79 Å². The molecular formula is C15H24N2O. The lowest BCUT2D eigenvalue weighted by molar-refractivity contribution is -0.115. The fourth-order valence-corrected chi connectivity index (χ4v) is 1.68. The number of rotatable bonds is 5. The summed E-state index contributed by atoms with van der Waals surface area (Å²) in [5.74, 6) is 0.540. The Morgan fingerprint density at radius 1 is 1.17 bits per heavy atom. The number of hydrogen-bond acceptors (Lipinski definition) is 2. The van der Waals surface area contributed by atoms with Crippen molar-refractivity contribution in [1.82, 2.24) is 5.32 Å². The van der Waals surface area contributed by atoms with Crippen LogP contribution in [0.3, 0.4) is 0 Å². The second-order valence-corrected chi connectivity index (χ2v) is 5.23. The van der Waals surface area contributed by atoms with Crippen molar-refractivity contribution in [3.63, 3.8) is 0 Å². The zero-order valence-electron chi connectivity index (χ0n) is 12.0. The molecule has 0 bridgehead atoms. The number of benzene rings is 1. The lowest BCUT2D eigenvalue weighted by atomic mass is 10.1. The van der Waals surface area contributed by atoms with Gasteiger partial charge in [-0.25, -0.2) is 0 Å². The first-order valence-electron chi connectivity index (χ1n) is 6.51. The topological polar surface area (TPSA) is 41.1 Å². The lowest BCUT2D eigenvalue weighted by Gasteiger charge is -2.18. The Morgan fingerprint density at radius 3 is 2.22 bits per heavy atom. The van der Waals surface area contributed by atoms with Gasteiger partial charge in [0.05, 0.1) is 6.54 Å². The van der Waals surface area contributed by atoms with Gasteiger partial charge in [0.25, 0.3) is 0 Å². The SMILES string of the molecule is Cc1cccc(C)c1NC(=O)CNC(C)C(C)C. The molecule has 1 rings (SSSR count). The quantitative estimate of drug-likeness (QED) is 0.841. The van der Waals surface area contributed by atoms with E-state index in [1.807, 2.05) is 32.0 Å². The van der Waals surface area contributed by atoms with Gasteiger partial charge in [-0.05, 0) is 37.8 Å². The van der Waals surface area contributed by atoms with Crippen LogP contribution in [0.25, 0.3) is 0 Å². The zero-order chi connectivity index (χ0) is 13.7. The highest BCUT2D eigenvalue weighted by Gasteiger charge is 2.10. The first-order valence-corrected chi connectivity index (χ1v) is 6.51. The predicted molar refractivity (Wildman–Crippen MR) is 76.8 cm³/mol. The molecule has 3 nitrogen and oxygen atoms in total. The minimum Gasteiger partial charge on any atom is -0.324 e. The van der Waals surface area contributed by atoms with Crippen molar-refractivity contribution in [3.8, 4) is 0 Å². The van der Waals surface area contributed by atoms with Gasteiger partial charge in [0, 0.05) is 11.7 Å². The van der Waals surface area contributed by atoms with E-state index in [0.717, 1.165) is 16.8 Å². The second-order valence-electron chi connectivity index (χ2n) is 5.23. The third kappa shape index (κ3) is 4.15. The number of carbonyl (C=O) groups is 1. The van der Waals surface area contributed by atoms with Crippen LogP contribution in [0.1, 0.15) is 31.9 Å². The Hall–Kier alpha value is -1.35. The highest BCUT2D eigenvalue weighted by molar-refractivity contribution is 5.93. The van der Waals surface area contributed by atoms with Crippen molar-refractivity contribution in [2.24, 2.45) is 5.92 Å². The average molecular weight is 248 g/mol. The van der Waals surface area contributed by atoms with Crippen LogP contribution in [0.2, 0.25) is 0 Å². The van der Waals surface area contributed by atoms with E-state index in [1.54, 1.807) is 0 Å². The van der Waals surface area contributed by atoms with E-state index < -0.39 is 0 Å². The molecule has 0 aromatic heterocycles. The molecule has 1 unspecified atom stereocenters. The minimum atomic E-state index is 0.0138. The highest BCUT2D eigenvalue weighted by Crippen LogP contribution is 2.18. The van der Waals surface area contributed by atoms with Gasteiger partial charge >= 0.3 is 0 Å². The van der Waals surface area contributed by atoms with Gasteiger partial charge in [0.1, 0.15) is 0 Å². The Morgan fingerprint density at radius 2 is 1.72 bits per heavy atom. The predicted octanol–water partition coefficient (Wildman–Crippen LogP) is 2.88. The van der Waals surface area contributed by atoms with Crippen molar-refractivity contribution < 1.29 is 4.79 Å². The Bertz CT molecular complexity index is 393. The van der Waals surface area contributed by atoms with Crippen molar-refractivity contribution in [3.05, 3.63) is 29.3 Å². The van der Waals surface area contributed by atoms with Crippen LogP contribution in [-0.2, 0) is 4.79 Å². The number of nitrogens with one attached hydrogen (secondary N) is 2. The number of para-hydroxylation sites is 1. The standard InChI is InChI=1S/C15H24N2O/c1-10(2)13(5)16-9-14(18)17-15-11(3)7-6-8-12(15)4/h6-8,10,13,16H,9H2,1-5H3,(H,17,18). The Labute approximate surface area is 110 Å². The van der Waals surface area contributed by atoms with Crippen LogP contribution in [0.5, 0.6) is 0 Å². The van der Waals surface area contributed by atoms with E-state index in [2.05, 4.69) is 31.4 Å². The molecule has 0 aliphatic heterocycles. The summed E-state index contributed by atoms with van der Waals surface area (Å²) in [6.07, 6.45) is 0. The van der Waals surface area contributed by atoms with Crippen LogP contribution in [0, 0.1) is 19.8 Å². The molecule has 0 radical (unpaired) electrons. The molecule has 0 heterocycles. The summed E-state index contributed by atoms with van der Waals surface area (Å²) in [6.45, 7) is 10.7. The van der Waals surface area contributed by atoms with Crippen molar-refractivity contribution in [2.75, 3.05) is 11.9 Å². The molecule has 1 aromatic rings. The summed E-state index contributed by atoms with van der Waals surface area (Å²) in [6, 6.07) is 6.35. The van der Waals surface area contributed by atoms with Gasteiger partial charge in [0.15, 0.2) is 0 Å². The molecule has 3 heteroatoms. The maximum absolute atomic E-state index is 11.9. The molecule has 0 saturated carbocycles. The number of amides is 1. The molecule has 1 atom stereocenters. The first kappa shape index (κ1) is 14.7. The lowest BCUT2D eigenvalue weighted by Crippen LogP contribution is -2.37. The second kappa shape index (κ2) is 6.55. The molecule has 1 amide bonds. The van der Waals surface area contributed by atoms with Gasteiger partial charge < -0.3 is 10.6 Å². The number of anilines is 1. The molecule has 0 aliphatic rings. The summed E-state index contributed by atoms with van der Waals surface area (Å²) in [5, 5.41) is 6.20. The van der Waals surface area contributed by atoms with Crippen LogP contribution >= 0.6 is 0 Å². The molecule has 100 valence electrons. The fraction of sp³-hybridized carbons (Fsp3) is 0.533. The van der Waals surface area contributed by atoms with Gasteiger partial charge in [-0.15, -0.1) is 0 Å². The fourth-order valence-electron chi connectivity index (χ4n) is 1.68. The number of aryl methyl sites for hydroxylation is 2. The first-order chi connectivity index (χ1) is 8.41. The van der Waals surface area contributed by atoms with E-state index >= 15 is 0 Å². The van der Waals surface area contributed by atoms with Gasteiger partial charge in [-0.1, -0.05) is 32.0 Å². The van der Waals surface area contributed by atoms with E-state index in [4.69, 9.17) is 0 Å². The maximum atomic E-state index is 11.9. The molecule has 0 fully saturated rings. The highest BCUT2D eigenvalue weighted by atomic mass is 16.1. The van der Waals surface area contributed by atoms with Crippen molar-refractivity contribution in [1.29, 1.82) is 0 Å². The third-order valence-electron chi connectivity index (χ3n) is 3.33. The van der Waals surface area contributed by atoms with Crippen LogP contribution < -0.4 is 10.6 Å². The van der Waals surface area contributed by atoms with Crippen LogP contribution in [0.15, 0.2) is 18.2 Å². The third-order valence-corrected chi connectivity index (χ3v) is 3.33. The van der Waals surface area contributed by atoms with Crippen molar-refractivity contribution >= 4 is 11.6 Å². The largest absolute Gasteiger partial charge is 0.324 e. The van der Waals surface area contributed by atoms with E-state index in [1.165, 1.54) is 0 Å². The van der Waals surface area contributed by atoms with Gasteiger partial charge in [0.2, 0.25) is 5.91 Å². The van der Waals surface area contributed by atoms with Crippen LogP contribution in [-0.4, -0.2) is 18.5 Å². The van der Waals surface area contributed by atoms with Crippen LogP contribution in [0.4, 0.5) is 5.69 Å². The summed E-state index contributed by atoms with van der Waals surface area (Å²) < 4.78 is 0. The minimum absolute atomic E-state index is 0.0138. The molecule has 0 spiro atoms. The van der Waals surface area contributed by atoms with E-state index in [-0.39, 0.29) is 5.91 Å². The van der Waals surface area contributed by atoms with E-state index in [9.17, 15) is 4.79 Å². The van der Waals surface area contributed by atoms with Gasteiger partial charge in [-0.2, -0.15) is 0 Å². The summed E-state index contributed by atoms with van der Waals surface area (Å²) in [4.78, 5) is 11.9. The normalized spacial score (nSPS) is 12.6. The molecule has 0 saturated heterocycles. The Kier molecular flexibility index (Phi) is 5.35. The molecular weight excluding hydrogens is 224 g/mol. The summed E-state index contributed by atoms with van der Waals surface area (Å²) in [7, 11) is 0. The summed E-state index contributed by atoms with van der Waals surface area (Å²) in [5.41, 5.74) is 3.13. The zero-order valence-corrected chi connectivity index (χ0v) is 12.0. The smallest absolute Gasteiger partial charge is 0.238 e. The maximum Gasteiger partial charge on any atom is 0.238 e. The number of hydrogen-bond donors (Lipinski definition) is 2. The monoisotopic (exact) mass is 248 g/mol. The number of carbonyl (C=O) groups excluding carboxylic acids is 1. The van der Waals surface area contributed by atoms with Crippen molar-refractivity contribution in [2.45, 2.75) is 40.7 Å². The molecule has 18 heavy (non-hydrogen) atoms. The molecule has 0 aliphatic carbocycles. The molecule has 2 N–H and O–H groups in total. The molecule has 1 aromatic carbocycles. The summed E-state index contributed by atoms with van der Waals surface area (Å²) >= 11 is 0. The van der Waals surface area contributed by atoms with E-state index in [0.29, 0.717) is 18.5 Å². The average Bonchev–Trinajstić information content (AvgIpc) is 2.30. The Balaban J connectivity index is 2.55.